The summed E-state index contributed by atoms with van der Waals surface area (Å²) in [5.74, 6) is -15.3. The lowest BCUT2D eigenvalue weighted by molar-refractivity contribution is -0.348. The Morgan fingerprint density at radius 2 is 1.50 bits per heavy atom. The number of carbonyl (C=O) groups is 1. The predicted octanol–water partition coefficient (Wildman–Crippen LogP) is 2.77. The third-order valence-corrected chi connectivity index (χ3v) is 1.44. The molecule has 0 radical (unpaired) electrons. The lowest BCUT2D eigenvalue weighted by Crippen LogP contribution is -2.56. The number of hydrogen-bond donors (Lipinski definition) is 0. The maximum Gasteiger partial charge on any atom is 0.460 e. The van der Waals surface area contributed by atoms with E-state index in [0.29, 0.717) is 0 Å². The quantitative estimate of drug-likeness (QED) is 0.571. The smallest absolute Gasteiger partial charge is 0.460 e. The number of esters is 1. The zero-order valence-corrected chi connectivity index (χ0v) is 7.88. The van der Waals surface area contributed by atoms with Crippen LogP contribution in [0.15, 0.2) is 0 Å². The van der Waals surface area contributed by atoms with Gasteiger partial charge in [0.25, 0.3) is 0 Å². The normalized spacial score (nSPS) is 13.8. The molecule has 2 nitrogen and oxygen atoms in total. The molecule has 96 valence electrons. The molecule has 0 saturated carbocycles. The van der Waals surface area contributed by atoms with Crippen LogP contribution in [-0.4, -0.2) is 30.6 Å². The van der Waals surface area contributed by atoms with E-state index in [-0.39, 0.29) is 6.42 Å². The molecule has 0 spiro atoms. The number of ether oxygens (including phenoxy) is 1. The van der Waals surface area contributed by atoms with Crippen LogP contribution in [0.5, 0.6) is 0 Å². The molecule has 0 heterocycles. The highest BCUT2D eigenvalue weighted by atomic mass is 19.4. The van der Waals surface area contributed by atoms with Crippen LogP contribution in [0.1, 0.15) is 13.3 Å². The monoisotopic (exact) mass is 256 g/mol. The minimum Gasteiger partial charge on any atom is -0.461 e. The first-order valence-corrected chi connectivity index (χ1v) is 3.98. The zero-order valence-electron chi connectivity index (χ0n) is 7.88. The van der Waals surface area contributed by atoms with Gasteiger partial charge in [-0.25, -0.2) is 4.79 Å². The number of halogens is 7. The second-order valence-electron chi connectivity index (χ2n) is 2.78. The van der Waals surface area contributed by atoms with Gasteiger partial charge >= 0.3 is 24.0 Å². The molecule has 0 aromatic carbocycles. The summed E-state index contributed by atoms with van der Waals surface area (Å²) in [5, 5.41) is 0. The van der Waals surface area contributed by atoms with Crippen LogP contribution in [0, 0.1) is 0 Å². The van der Waals surface area contributed by atoms with Gasteiger partial charge < -0.3 is 4.74 Å². The Labute approximate surface area is 85.4 Å². The molecule has 0 aliphatic heterocycles. The first-order chi connectivity index (χ1) is 6.98. The van der Waals surface area contributed by atoms with E-state index in [0.717, 1.165) is 0 Å². The summed E-state index contributed by atoms with van der Waals surface area (Å²) in [6, 6.07) is 0. The highest BCUT2D eigenvalue weighted by molar-refractivity contribution is 5.79. The molecular weight excluding hydrogens is 249 g/mol. The van der Waals surface area contributed by atoms with Crippen molar-refractivity contribution < 1.29 is 40.3 Å². The van der Waals surface area contributed by atoms with Gasteiger partial charge in [-0.2, -0.15) is 30.7 Å². The van der Waals surface area contributed by atoms with Crippen molar-refractivity contribution in [3.8, 4) is 0 Å². The number of hydrogen-bond acceptors (Lipinski definition) is 2. The van der Waals surface area contributed by atoms with Crippen molar-refractivity contribution in [1.29, 1.82) is 0 Å². The Kier molecular flexibility index (Phi) is 4.18. The maximum atomic E-state index is 12.5. The zero-order chi connectivity index (χ0) is 13.2. The fourth-order valence-corrected chi connectivity index (χ4v) is 0.592. The van der Waals surface area contributed by atoms with E-state index in [2.05, 4.69) is 4.74 Å². The first kappa shape index (κ1) is 15.0. The van der Waals surface area contributed by atoms with E-state index in [1.807, 2.05) is 0 Å². The van der Waals surface area contributed by atoms with Gasteiger partial charge in [-0.3, -0.25) is 0 Å². The minimum atomic E-state index is -6.53. The topological polar surface area (TPSA) is 26.3 Å². The van der Waals surface area contributed by atoms with Gasteiger partial charge in [0.2, 0.25) is 0 Å². The van der Waals surface area contributed by atoms with E-state index in [1.54, 1.807) is 0 Å². The second-order valence-corrected chi connectivity index (χ2v) is 2.78. The van der Waals surface area contributed by atoms with Gasteiger partial charge in [0.1, 0.15) is 0 Å². The fourth-order valence-electron chi connectivity index (χ4n) is 0.592. The highest BCUT2D eigenvalue weighted by Gasteiger charge is 2.77. The fraction of sp³-hybridized carbons (Fsp3) is 0.857. The average Bonchev–Trinajstić information content (AvgIpc) is 2.11. The van der Waals surface area contributed by atoms with Crippen LogP contribution < -0.4 is 0 Å². The molecule has 0 aliphatic rings. The average molecular weight is 256 g/mol. The van der Waals surface area contributed by atoms with E-state index in [1.165, 1.54) is 6.92 Å². The summed E-state index contributed by atoms with van der Waals surface area (Å²) in [6.45, 7) is 0.690. The van der Waals surface area contributed by atoms with Crippen LogP contribution >= 0.6 is 0 Å². The molecule has 0 unspecified atom stereocenters. The van der Waals surface area contributed by atoms with E-state index < -0.39 is 30.6 Å². The molecule has 16 heavy (non-hydrogen) atoms. The molecule has 0 saturated heterocycles. The molecule has 0 fully saturated rings. The van der Waals surface area contributed by atoms with Crippen LogP contribution in [0.25, 0.3) is 0 Å². The standard InChI is InChI=1S/C7H7F7O2/c1-2-3-16-4(15)5(8,9)6(10,11)7(12,13)14/h2-3H2,1H3. The van der Waals surface area contributed by atoms with Gasteiger partial charge in [-0.1, -0.05) is 6.92 Å². The van der Waals surface area contributed by atoms with Gasteiger partial charge in [0.15, 0.2) is 0 Å². The molecule has 0 atom stereocenters. The van der Waals surface area contributed by atoms with Crippen molar-refractivity contribution in [3.63, 3.8) is 0 Å². The molecule has 0 aromatic rings. The van der Waals surface area contributed by atoms with Crippen molar-refractivity contribution in [2.24, 2.45) is 0 Å². The van der Waals surface area contributed by atoms with Crippen LogP contribution in [0.4, 0.5) is 30.7 Å². The molecule has 0 rings (SSSR count). The first-order valence-electron chi connectivity index (χ1n) is 3.98. The molecule has 0 aromatic heterocycles. The molecule has 0 bridgehead atoms. The van der Waals surface area contributed by atoms with E-state index >= 15 is 0 Å². The molecule has 0 N–H and O–H groups in total. The molecule has 0 amide bonds. The third kappa shape index (κ3) is 2.56. The number of alkyl halides is 7. The van der Waals surface area contributed by atoms with Gasteiger partial charge in [0.05, 0.1) is 6.61 Å². The van der Waals surface area contributed by atoms with Gasteiger partial charge in [-0.05, 0) is 6.42 Å². The summed E-state index contributed by atoms with van der Waals surface area (Å²) < 4.78 is 87.7. The third-order valence-electron chi connectivity index (χ3n) is 1.44. The Bertz CT molecular complexity index is 258. The minimum absolute atomic E-state index is 0.0133. The Balaban J connectivity index is 4.97. The molecule has 9 heteroatoms. The van der Waals surface area contributed by atoms with Crippen molar-refractivity contribution in [3.05, 3.63) is 0 Å². The summed E-state index contributed by atoms with van der Waals surface area (Å²) in [5.41, 5.74) is 0. The number of carbonyl (C=O) groups excluding carboxylic acids is 1. The van der Waals surface area contributed by atoms with E-state index in [9.17, 15) is 35.5 Å². The largest absolute Gasteiger partial charge is 0.461 e. The van der Waals surface area contributed by atoms with Crippen LogP contribution in [0.3, 0.4) is 0 Å². The number of rotatable bonds is 4. The Morgan fingerprint density at radius 3 is 1.81 bits per heavy atom. The van der Waals surface area contributed by atoms with Gasteiger partial charge in [-0.15, -0.1) is 0 Å². The Morgan fingerprint density at radius 1 is 1.06 bits per heavy atom. The lowest BCUT2D eigenvalue weighted by atomic mass is 10.1. The van der Waals surface area contributed by atoms with Crippen molar-refractivity contribution in [1.82, 2.24) is 0 Å². The van der Waals surface area contributed by atoms with Crippen LogP contribution in [-0.2, 0) is 9.53 Å². The SMILES string of the molecule is CCCOC(=O)C(F)(F)C(F)(F)C(F)(F)F. The van der Waals surface area contributed by atoms with Crippen molar-refractivity contribution >= 4 is 5.97 Å². The lowest BCUT2D eigenvalue weighted by Gasteiger charge is -2.26. The van der Waals surface area contributed by atoms with Crippen LogP contribution in [0.2, 0.25) is 0 Å². The summed E-state index contributed by atoms with van der Waals surface area (Å²) in [4.78, 5) is 10.4. The summed E-state index contributed by atoms with van der Waals surface area (Å²) in [6.07, 6.45) is -6.51. The van der Waals surface area contributed by atoms with Crippen molar-refractivity contribution in [2.45, 2.75) is 31.4 Å². The van der Waals surface area contributed by atoms with Gasteiger partial charge in [0, 0.05) is 0 Å². The highest BCUT2D eigenvalue weighted by Crippen LogP contribution is 2.46. The molecular formula is C7H7F7O2. The molecule has 0 aliphatic carbocycles. The second kappa shape index (κ2) is 4.46. The predicted molar refractivity (Wildman–Crippen MR) is 37.2 cm³/mol. The summed E-state index contributed by atoms with van der Waals surface area (Å²) >= 11 is 0. The maximum absolute atomic E-state index is 12.5. The van der Waals surface area contributed by atoms with Crippen molar-refractivity contribution in [2.75, 3.05) is 6.61 Å². The summed E-state index contributed by atoms with van der Waals surface area (Å²) in [7, 11) is 0. The van der Waals surface area contributed by atoms with E-state index in [4.69, 9.17) is 0 Å². The Hall–Kier alpha value is -1.02.